The zero-order chi connectivity index (χ0) is 19.3. The van der Waals surface area contributed by atoms with Crippen LogP contribution in [-0.4, -0.2) is 34.0 Å². The van der Waals surface area contributed by atoms with Crippen LogP contribution in [0.3, 0.4) is 0 Å². The quantitative estimate of drug-likeness (QED) is 0.509. The number of anilines is 1. The number of furan rings is 1. The van der Waals surface area contributed by atoms with E-state index < -0.39 is 22.3 Å². The number of amides is 2. The summed E-state index contributed by atoms with van der Waals surface area (Å²) in [5.74, 6) is -1.54. The van der Waals surface area contributed by atoms with Crippen LogP contribution in [0.25, 0.3) is 0 Å². The van der Waals surface area contributed by atoms with Crippen molar-refractivity contribution in [2.75, 3.05) is 11.9 Å². The van der Waals surface area contributed by atoms with Crippen LogP contribution in [0.2, 0.25) is 0 Å². The number of nitrogens with zero attached hydrogens (tertiary/aromatic N) is 1. The molecule has 1 aromatic heterocycles. The fraction of sp³-hybridized carbons (Fsp3) is 0.294. The van der Waals surface area contributed by atoms with Gasteiger partial charge in [0.2, 0.25) is 5.91 Å². The highest BCUT2D eigenvalue weighted by molar-refractivity contribution is 6.02. The van der Waals surface area contributed by atoms with Crippen molar-refractivity contribution >= 4 is 23.4 Å². The summed E-state index contributed by atoms with van der Waals surface area (Å²) >= 11 is 0. The average Bonchev–Trinajstić information content (AvgIpc) is 3.06. The summed E-state index contributed by atoms with van der Waals surface area (Å²) in [6.07, 6.45) is 0.127. The lowest BCUT2D eigenvalue weighted by molar-refractivity contribution is -0.402. The van der Waals surface area contributed by atoms with E-state index in [1.165, 1.54) is 6.07 Å². The van der Waals surface area contributed by atoms with Gasteiger partial charge in [-0.2, -0.15) is 0 Å². The highest BCUT2D eigenvalue weighted by atomic mass is 16.6. The Labute approximate surface area is 149 Å². The van der Waals surface area contributed by atoms with Crippen LogP contribution in [0.5, 0.6) is 0 Å². The lowest BCUT2D eigenvalue weighted by Gasteiger charge is -2.23. The lowest BCUT2D eigenvalue weighted by Crippen LogP contribution is -2.46. The molecule has 0 radical (unpaired) electrons. The standard InChI is InChI=1S/C17H19N3O6/c1-17(2,10-21)19-14(22)9-11-3-5-12(6-4-11)18-16(23)13-7-8-15(26-13)20(24)25/h3-8,21H,9-10H2,1-2H3,(H,18,23)(H,19,22). The van der Waals surface area contributed by atoms with Crippen molar-refractivity contribution in [1.82, 2.24) is 5.32 Å². The van der Waals surface area contributed by atoms with Gasteiger partial charge < -0.3 is 20.2 Å². The molecule has 1 aromatic carbocycles. The van der Waals surface area contributed by atoms with Gasteiger partial charge in [0.05, 0.1) is 24.6 Å². The van der Waals surface area contributed by atoms with Gasteiger partial charge in [0.25, 0.3) is 5.91 Å². The summed E-state index contributed by atoms with van der Waals surface area (Å²) in [6.45, 7) is 3.25. The number of nitro groups is 1. The van der Waals surface area contributed by atoms with Crippen molar-refractivity contribution < 1.29 is 24.0 Å². The number of benzene rings is 1. The first-order valence-electron chi connectivity index (χ1n) is 7.76. The number of carbonyl (C=O) groups excluding carboxylic acids is 2. The van der Waals surface area contributed by atoms with E-state index in [-0.39, 0.29) is 24.7 Å². The van der Waals surface area contributed by atoms with E-state index in [2.05, 4.69) is 10.6 Å². The summed E-state index contributed by atoms with van der Waals surface area (Å²) in [6, 6.07) is 8.88. The summed E-state index contributed by atoms with van der Waals surface area (Å²) in [4.78, 5) is 33.8. The fourth-order valence-corrected chi connectivity index (χ4v) is 2.09. The van der Waals surface area contributed by atoms with E-state index in [0.717, 1.165) is 11.6 Å². The van der Waals surface area contributed by atoms with Gasteiger partial charge in [0.15, 0.2) is 5.76 Å². The number of hydrogen-bond acceptors (Lipinski definition) is 6. The number of aliphatic hydroxyl groups excluding tert-OH is 1. The smallest absolute Gasteiger partial charge is 0.395 e. The molecule has 26 heavy (non-hydrogen) atoms. The molecule has 2 amide bonds. The minimum Gasteiger partial charge on any atom is -0.395 e. The minimum atomic E-state index is -0.727. The van der Waals surface area contributed by atoms with E-state index in [1.807, 2.05) is 0 Å². The summed E-state index contributed by atoms with van der Waals surface area (Å²) < 4.78 is 4.83. The average molecular weight is 361 g/mol. The van der Waals surface area contributed by atoms with Crippen molar-refractivity contribution in [3.8, 4) is 0 Å². The maximum atomic E-state index is 12.0. The summed E-state index contributed by atoms with van der Waals surface area (Å²) in [5.41, 5.74) is 0.480. The first-order chi connectivity index (χ1) is 12.2. The van der Waals surface area contributed by atoms with E-state index in [9.17, 15) is 19.7 Å². The Hall–Kier alpha value is -3.20. The Morgan fingerprint density at radius 2 is 1.85 bits per heavy atom. The topological polar surface area (TPSA) is 135 Å². The van der Waals surface area contributed by atoms with Crippen molar-refractivity contribution in [2.45, 2.75) is 25.8 Å². The van der Waals surface area contributed by atoms with Gasteiger partial charge >= 0.3 is 5.88 Å². The highest BCUT2D eigenvalue weighted by Gasteiger charge is 2.19. The second-order valence-electron chi connectivity index (χ2n) is 6.31. The molecule has 3 N–H and O–H groups in total. The van der Waals surface area contributed by atoms with Crippen LogP contribution in [0, 0.1) is 10.1 Å². The van der Waals surface area contributed by atoms with Gasteiger partial charge in [-0.05, 0) is 37.6 Å². The van der Waals surface area contributed by atoms with Gasteiger partial charge in [0.1, 0.15) is 4.92 Å². The van der Waals surface area contributed by atoms with Crippen LogP contribution in [0.1, 0.15) is 30.0 Å². The van der Waals surface area contributed by atoms with Crippen molar-refractivity contribution in [1.29, 1.82) is 0 Å². The third-order valence-electron chi connectivity index (χ3n) is 3.45. The second-order valence-corrected chi connectivity index (χ2v) is 6.31. The molecular weight excluding hydrogens is 342 g/mol. The summed E-state index contributed by atoms with van der Waals surface area (Å²) in [7, 11) is 0. The van der Waals surface area contributed by atoms with E-state index >= 15 is 0 Å². The number of nitrogens with one attached hydrogen (secondary N) is 2. The van der Waals surface area contributed by atoms with Gasteiger partial charge in [-0.25, -0.2) is 0 Å². The molecule has 138 valence electrons. The molecule has 0 aliphatic carbocycles. The highest BCUT2D eigenvalue weighted by Crippen LogP contribution is 2.18. The predicted octanol–water partition coefficient (Wildman–Crippen LogP) is 1.87. The van der Waals surface area contributed by atoms with Crippen molar-refractivity contribution in [3.05, 3.63) is 57.8 Å². The fourth-order valence-electron chi connectivity index (χ4n) is 2.09. The predicted molar refractivity (Wildman–Crippen MR) is 92.8 cm³/mol. The van der Waals surface area contributed by atoms with Crippen molar-refractivity contribution in [2.24, 2.45) is 0 Å². The molecule has 0 aliphatic heterocycles. The Bertz CT molecular complexity index is 810. The van der Waals surface area contributed by atoms with Gasteiger partial charge in [-0.1, -0.05) is 12.1 Å². The third-order valence-corrected chi connectivity index (χ3v) is 3.45. The van der Waals surface area contributed by atoms with Gasteiger partial charge in [-0.15, -0.1) is 0 Å². The van der Waals surface area contributed by atoms with Crippen LogP contribution in [0.15, 0.2) is 40.8 Å². The van der Waals surface area contributed by atoms with Crippen LogP contribution in [-0.2, 0) is 11.2 Å². The van der Waals surface area contributed by atoms with Gasteiger partial charge in [0, 0.05) is 5.69 Å². The minimum absolute atomic E-state index is 0.127. The zero-order valence-electron chi connectivity index (χ0n) is 14.3. The Balaban J connectivity index is 1.95. The number of hydrogen-bond donors (Lipinski definition) is 3. The molecule has 0 spiro atoms. The van der Waals surface area contributed by atoms with Crippen LogP contribution >= 0.6 is 0 Å². The summed E-state index contributed by atoms with van der Waals surface area (Å²) in [5, 5.41) is 25.0. The largest absolute Gasteiger partial charge is 0.433 e. The molecule has 9 nitrogen and oxygen atoms in total. The normalized spacial score (nSPS) is 11.0. The first kappa shape index (κ1) is 19.1. The Morgan fingerprint density at radius 3 is 2.38 bits per heavy atom. The zero-order valence-corrected chi connectivity index (χ0v) is 14.3. The van der Waals surface area contributed by atoms with Gasteiger partial charge in [-0.3, -0.25) is 19.7 Å². The first-order valence-corrected chi connectivity index (χ1v) is 7.76. The van der Waals surface area contributed by atoms with E-state index in [1.54, 1.807) is 38.1 Å². The molecule has 1 heterocycles. The molecule has 0 saturated carbocycles. The molecule has 0 aliphatic rings. The molecule has 2 aromatic rings. The van der Waals surface area contributed by atoms with Crippen LogP contribution < -0.4 is 10.6 Å². The number of aliphatic hydroxyl groups is 1. The van der Waals surface area contributed by atoms with E-state index in [4.69, 9.17) is 9.52 Å². The number of carbonyl (C=O) groups is 2. The maximum Gasteiger partial charge on any atom is 0.433 e. The Kier molecular flexibility index (Phi) is 5.73. The Morgan fingerprint density at radius 1 is 1.19 bits per heavy atom. The second kappa shape index (κ2) is 7.79. The molecule has 0 fully saturated rings. The molecule has 9 heteroatoms. The van der Waals surface area contributed by atoms with Crippen molar-refractivity contribution in [3.63, 3.8) is 0 Å². The monoisotopic (exact) mass is 361 g/mol. The molecule has 0 bridgehead atoms. The van der Waals surface area contributed by atoms with E-state index in [0.29, 0.717) is 5.69 Å². The maximum absolute atomic E-state index is 12.0. The molecule has 2 rings (SSSR count). The SMILES string of the molecule is CC(C)(CO)NC(=O)Cc1ccc(NC(=O)c2ccc([N+](=O)[O-])o2)cc1. The molecule has 0 unspecified atom stereocenters. The lowest BCUT2D eigenvalue weighted by atomic mass is 10.1. The molecule has 0 atom stereocenters. The number of rotatable bonds is 7. The molecule has 0 saturated heterocycles. The third kappa shape index (κ3) is 5.15. The van der Waals surface area contributed by atoms with Crippen LogP contribution in [0.4, 0.5) is 11.6 Å². The molecular formula is C17H19N3O6.